The van der Waals surface area contributed by atoms with Crippen molar-refractivity contribution in [2.75, 3.05) is 13.2 Å². The molecule has 464 valence electrons. The van der Waals surface area contributed by atoms with Crippen LogP contribution in [0.2, 0.25) is 0 Å². The molecule has 0 rings (SSSR count). The second-order valence-electron chi connectivity index (χ2n) is 24.9. The van der Waals surface area contributed by atoms with E-state index in [1.54, 1.807) is 6.08 Å². The van der Waals surface area contributed by atoms with E-state index >= 15 is 0 Å². The zero-order valence-electron chi connectivity index (χ0n) is 53.2. The molecule has 0 aliphatic carbocycles. The highest BCUT2D eigenvalue weighted by molar-refractivity contribution is 5.76. The van der Waals surface area contributed by atoms with Crippen molar-refractivity contribution in [1.29, 1.82) is 0 Å². The van der Waals surface area contributed by atoms with Crippen LogP contribution in [0.4, 0.5) is 0 Å². The van der Waals surface area contributed by atoms with Crippen LogP contribution in [0.3, 0.4) is 0 Å². The first-order chi connectivity index (χ1) is 38.5. The molecule has 0 aromatic heterocycles. The van der Waals surface area contributed by atoms with Gasteiger partial charge in [-0.3, -0.25) is 9.59 Å². The minimum Gasteiger partial charge on any atom is -0.466 e. The number of carbonyl (C=O) groups is 2. The highest BCUT2D eigenvalue weighted by Crippen LogP contribution is 2.19. The normalized spacial score (nSPS) is 12.5. The van der Waals surface area contributed by atoms with Crippen LogP contribution in [-0.2, 0) is 14.3 Å². The Bertz CT molecular complexity index is 1180. The van der Waals surface area contributed by atoms with Gasteiger partial charge in [0.2, 0.25) is 5.91 Å². The largest absolute Gasteiger partial charge is 0.466 e. The third-order valence-electron chi connectivity index (χ3n) is 17.1. The smallest absolute Gasteiger partial charge is 0.305 e. The van der Waals surface area contributed by atoms with Gasteiger partial charge in [0, 0.05) is 12.8 Å². The van der Waals surface area contributed by atoms with Crippen molar-refractivity contribution < 1.29 is 24.5 Å². The van der Waals surface area contributed by atoms with Gasteiger partial charge in [-0.25, -0.2) is 0 Å². The quantitative estimate of drug-likeness (QED) is 0.0320. The molecule has 0 fully saturated rings. The molecule has 0 aliphatic rings. The number of unbranched alkanes of at least 4 members (excludes halogenated alkanes) is 57. The highest BCUT2D eigenvalue weighted by atomic mass is 16.5. The molecule has 78 heavy (non-hydrogen) atoms. The van der Waals surface area contributed by atoms with Gasteiger partial charge in [0.1, 0.15) is 0 Å². The Morgan fingerprint density at radius 1 is 0.346 bits per heavy atom. The maximum atomic E-state index is 12.5. The van der Waals surface area contributed by atoms with Crippen LogP contribution >= 0.6 is 0 Å². The Morgan fingerprint density at radius 3 is 0.872 bits per heavy atom. The van der Waals surface area contributed by atoms with Gasteiger partial charge < -0.3 is 20.3 Å². The number of nitrogens with one attached hydrogen (secondary N) is 1. The van der Waals surface area contributed by atoms with E-state index in [2.05, 4.69) is 19.2 Å². The average Bonchev–Trinajstić information content (AvgIpc) is 3.44. The number of esters is 1. The van der Waals surface area contributed by atoms with Gasteiger partial charge in [-0.05, 0) is 32.1 Å². The number of amides is 1. The molecule has 0 aliphatic heterocycles. The topological polar surface area (TPSA) is 95.9 Å². The number of aliphatic hydroxyl groups is 2. The van der Waals surface area contributed by atoms with E-state index in [0.29, 0.717) is 19.4 Å². The van der Waals surface area contributed by atoms with Gasteiger partial charge in [0.05, 0.1) is 25.4 Å². The fourth-order valence-electron chi connectivity index (χ4n) is 11.6. The van der Waals surface area contributed by atoms with Crippen molar-refractivity contribution in [2.24, 2.45) is 0 Å². The van der Waals surface area contributed by atoms with Crippen molar-refractivity contribution in [3.8, 4) is 0 Å². The number of carbonyl (C=O) groups excluding carboxylic acids is 2. The number of aliphatic hydroxyl groups excluding tert-OH is 2. The van der Waals surface area contributed by atoms with E-state index in [4.69, 9.17) is 4.74 Å². The van der Waals surface area contributed by atoms with Crippen LogP contribution in [0.1, 0.15) is 412 Å². The third kappa shape index (κ3) is 63.8. The Kier molecular flexibility index (Phi) is 66.9. The van der Waals surface area contributed by atoms with Crippen LogP contribution in [0, 0.1) is 0 Å². The van der Waals surface area contributed by atoms with Gasteiger partial charge >= 0.3 is 5.97 Å². The summed E-state index contributed by atoms with van der Waals surface area (Å²) < 4.78 is 5.48. The zero-order chi connectivity index (χ0) is 56.4. The summed E-state index contributed by atoms with van der Waals surface area (Å²) in [4.78, 5) is 24.5. The maximum absolute atomic E-state index is 12.5. The fraction of sp³-hybridized carbons (Fsp3) is 0.944. The lowest BCUT2D eigenvalue weighted by atomic mass is 10.0. The summed E-state index contributed by atoms with van der Waals surface area (Å²) in [5.74, 6) is -0.0418. The van der Waals surface area contributed by atoms with Gasteiger partial charge in [-0.2, -0.15) is 0 Å². The van der Waals surface area contributed by atoms with E-state index in [9.17, 15) is 19.8 Å². The van der Waals surface area contributed by atoms with Gasteiger partial charge in [-0.1, -0.05) is 379 Å². The highest BCUT2D eigenvalue weighted by Gasteiger charge is 2.18. The molecule has 0 radical (unpaired) electrons. The Hall–Kier alpha value is -1.40. The second-order valence-corrected chi connectivity index (χ2v) is 24.9. The molecule has 0 saturated carbocycles. The molecular formula is C72H141NO5. The molecule has 1 amide bonds. The van der Waals surface area contributed by atoms with E-state index in [1.165, 1.54) is 347 Å². The van der Waals surface area contributed by atoms with Crippen molar-refractivity contribution in [1.82, 2.24) is 5.32 Å². The van der Waals surface area contributed by atoms with Crippen LogP contribution in [0.25, 0.3) is 0 Å². The summed E-state index contributed by atoms with van der Waals surface area (Å²) in [5.41, 5.74) is 0. The Morgan fingerprint density at radius 2 is 0.590 bits per heavy atom. The maximum Gasteiger partial charge on any atom is 0.305 e. The standard InChI is InChI=1S/C72H141NO5/c1-3-5-7-9-11-13-15-16-17-18-19-20-26-29-32-35-38-41-45-48-52-56-60-64-70(75)69(68-74)73-71(76)65-61-57-53-49-46-42-39-36-33-30-27-24-22-21-23-25-28-31-34-37-40-43-47-51-55-59-63-67-78-72(77)66-62-58-54-50-44-14-12-10-8-6-4-2/h60,64,69-70,74-75H,3-59,61-63,65-68H2,1-2H3,(H,73,76)/b64-60+. The van der Waals surface area contributed by atoms with E-state index < -0.39 is 12.1 Å². The molecular weight excluding hydrogens is 959 g/mol. The summed E-state index contributed by atoms with van der Waals surface area (Å²) in [6.45, 7) is 4.95. The predicted octanol–water partition coefficient (Wildman–Crippen LogP) is 23.1. The predicted molar refractivity (Wildman–Crippen MR) is 343 cm³/mol. The lowest BCUT2D eigenvalue weighted by Gasteiger charge is -2.20. The van der Waals surface area contributed by atoms with E-state index in [-0.39, 0.29) is 18.5 Å². The van der Waals surface area contributed by atoms with Crippen LogP contribution in [0.15, 0.2) is 12.2 Å². The SMILES string of the molecule is CCCCCCCCCCCCCCCCCCCCCCC/C=C/C(O)C(CO)NC(=O)CCCCCCCCCCCCCCCCCCCCCCCCCCCCCOC(=O)CCCCCCCCCCCCC. The molecule has 6 heteroatoms. The Labute approximate surface area is 489 Å². The minimum absolute atomic E-state index is 0.0184. The van der Waals surface area contributed by atoms with Gasteiger partial charge in [0.25, 0.3) is 0 Å². The van der Waals surface area contributed by atoms with Gasteiger partial charge in [-0.15, -0.1) is 0 Å². The van der Waals surface area contributed by atoms with E-state index in [1.807, 2.05) is 6.08 Å². The molecule has 0 heterocycles. The molecule has 0 aromatic rings. The minimum atomic E-state index is -0.843. The zero-order valence-corrected chi connectivity index (χ0v) is 53.2. The number of hydrogen-bond donors (Lipinski definition) is 3. The number of rotatable bonds is 68. The van der Waals surface area contributed by atoms with Gasteiger partial charge in [0.15, 0.2) is 0 Å². The summed E-state index contributed by atoms with van der Waals surface area (Å²) >= 11 is 0. The lowest BCUT2D eigenvalue weighted by molar-refractivity contribution is -0.143. The van der Waals surface area contributed by atoms with Crippen molar-refractivity contribution in [3.05, 3.63) is 12.2 Å². The monoisotopic (exact) mass is 1100 g/mol. The Balaban J connectivity index is 3.38. The first-order valence-electron chi connectivity index (χ1n) is 36.0. The number of ether oxygens (including phenoxy) is 1. The van der Waals surface area contributed by atoms with Crippen LogP contribution in [0.5, 0.6) is 0 Å². The van der Waals surface area contributed by atoms with Crippen molar-refractivity contribution in [3.63, 3.8) is 0 Å². The van der Waals surface area contributed by atoms with Crippen LogP contribution < -0.4 is 5.32 Å². The van der Waals surface area contributed by atoms with Crippen molar-refractivity contribution >= 4 is 11.9 Å². The molecule has 6 nitrogen and oxygen atoms in total. The molecule has 0 saturated heterocycles. The molecule has 3 N–H and O–H groups in total. The molecule has 0 spiro atoms. The van der Waals surface area contributed by atoms with Crippen LogP contribution in [-0.4, -0.2) is 47.4 Å². The summed E-state index contributed by atoms with van der Waals surface area (Å²) in [7, 11) is 0. The van der Waals surface area contributed by atoms with Crippen molar-refractivity contribution in [2.45, 2.75) is 424 Å². The molecule has 2 unspecified atom stereocenters. The summed E-state index contributed by atoms with van der Waals surface area (Å²) in [6.07, 6.45) is 84.4. The summed E-state index contributed by atoms with van der Waals surface area (Å²) in [6, 6.07) is -0.626. The summed E-state index contributed by atoms with van der Waals surface area (Å²) in [5, 5.41) is 23.3. The number of hydrogen-bond acceptors (Lipinski definition) is 5. The fourth-order valence-corrected chi connectivity index (χ4v) is 11.6. The van der Waals surface area contributed by atoms with E-state index in [0.717, 1.165) is 38.5 Å². The first kappa shape index (κ1) is 76.6. The lowest BCUT2D eigenvalue weighted by Crippen LogP contribution is -2.45. The molecule has 2 atom stereocenters. The third-order valence-corrected chi connectivity index (χ3v) is 17.1. The molecule has 0 aromatic carbocycles. The molecule has 0 bridgehead atoms. The first-order valence-corrected chi connectivity index (χ1v) is 36.0. The number of allylic oxidation sites excluding steroid dienone is 1. The second kappa shape index (κ2) is 68.1. The average molecular weight is 1100 g/mol.